The van der Waals surface area contributed by atoms with Crippen LogP contribution in [0.2, 0.25) is 0 Å². The quantitative estimate of drug-likeness (QED) is 0.603. The Kier molecular flexibility index (Phi) is 6.12. The van der Waals surface area contributed by atoms with Gasteiger partial charge in [0.2, 0.25) is 0 Å². The van der Waals surface area contributed by atoms with Gasteiger partial charge < -0.3 is 10.4 Å². The molecular formula is C20H23NO2. The highest BCUT2D eigenvalue weighted by atomic mass is 16.3. The number of rotatable bonds is 7. The lowest BCUT2D eigenvalue weighted by Crippen LogP contribution is -2.22. The molecular weight excluding hydrogens is 286 g/mol. The first-order chi connectivity index (χ1) is 11.1. The molecule has 0 bridgehead atoms. The van der Waals surface area contributed by atoms with Crippen LogP contribution in [0.15, 0.2) is 72.4 Å². The molecule has 0 saturated heterocycles. The van der Waals surface area contributed by atoms with Gasteiger partial charge in [-0.3, -0.25) is 4.79 Å². The van der Waals surface area contributed by atoms with Crippen molar-refractivity contribution in [1.82, 2.24) is 5.32 Å². The predicted molar refractivity (Wildman–Crippen MR) is 93.1 cm³/mol. The molecule has 0 fully saturated rings. The van der Waals surface area contributed by atoms with Crippen molar-refractivity contribution in [3.63, 3.8) is 0 Å². The largest absolute Gasteiger partial charge is 0.393 e. The van der Waals surface area contributed by atoms with Crippen LogP contribution in [0.3, 0.4) is 0 Å². The van der Waals surface area contributed by atoms with Crippen LogP contribution in [-0.2, 0) is 0 Å². The van der Waals surface area contributed by atoms with Crippen LogP contribution >= 0.6 is 0 Å². The number of aliphatic hydroxyl groups is 1. The number of allylic oxidation sites excluding steroid dienone is 1. The second kappa shape index (κ2) is 8.30. The van der Waals surface area contributed by atoms with Crippen LogP contribution in [0.25, 0.3) is 0 Å². The van der Waals surface area contributed by atoms with Crippen molar-refractivity contribution >= 4 is 5.78 Å². The Morgan fingerprint density at radius 1 is 1.04 bits per heavy atom. The summed E-state index contributed by atoms with van der Waals surface area (Å²) in [6.07, 6.45) is 1.48. The minimum Gasteiger partial charge on any atom is -0.393 e. The molecule has 2 rings (SSSR count). The minimum absolute atomic E-state index is 0.0600. The molecule has 0 aliphatic rings. The molecule has 3 nitrogen and oxygen atoms in total. The average molecular weight is 309 g/mol. The number of ketones is 1. The van der Waals surface area contributed by atoms with Crippen LogP contribution in [-0.4, -0.2) is 17.0 Å². The van der Waals surface area contributed by atoms with E-state index in [9.17, 15) is 9.90 Å². The summed E-state index contributed by atoms with van der Waals surface area (Å²) >= 11 is 0. The molecule has 2 aromatic carbocycles. The molecule has 2 N–H and O–H groups in total. The van der Waals surface area contributed by atoms with Gasteiger partial charge in [0.1, 0.15) is 0 Å². The van der Waals surface area contributed by atoms with Crippen LogP contribution < -0.4 is 5.32 Å². The highest BCUT2D eigenvalue weighted by molar-refractivity contribution is 6.04. The van der Waals surface area contributed by atoms with E-state index in [1.165, 1.54) is 0 Å². The lowest BCUT2D eigenvalue weighted by atomic mass is 10.1. The fourth-order valence-corrected chi connectivity index (χ4v) is 2.42. The zero-order chi connectivity index (χ0) is 16.7. The maximum absolute atomic E-state index is 12.4. The predicted octanol–water partition coefficient (Wildman–Crippen LogP) is 3.87. The second-order valence-corrected chi connectivity index (χ2v) is 5.73. The second-order valence-electron chi connectivity index (χ2n) is 5.73. The Hall–Kier alpha value is -2.39. The molecule has 0 aromatic heterocycles. The molecule has 0 aliphatic carbocycles. The van der Waals surface area contributed by atoms with E-state index in [1.807, 2.05) is 55.5 Å². The van der Waals surface area contributed by atoms with E-state index in [4.69, 9.17) is 0 Å². The van der Waals surface area contributed by atoms with Crippen molar-refractivity contribution in [1.29, 1.82) is 0 Å². The van der Waals surface area contributed by atoms with E-state index in [2.05, 4.69) is 5.32 Å². The number of hydrogen-bond donors (Lipinski definition) is 2. The van der Waals surface area contributed by atoms with Gasteiger partial charge >= 0.3 is 0 Å². The summed E-state index contributed by atoms with van der Waals surface area (Å²) in [5, 5.41) is 13.0. The molecule has 0 saturated carbocycles. The lowest BCUT2D eigenvalue weighted by molar-refractivity contribution is 0.104. The van der Waals surface area contributed by atoms with Gasteiger partial charge in [-0.15, -0.1) is 0 Å². The van der Waals surface area contributed by atoms with Gasteiger partial charge in [-0.2, -0.15) is 0 Å². The first-order valence-corrected chi connectivity index (χ1v) is 7.85. The smallest absolute Gasteiger partial charge is 0.187 e. The number of hydrogen-bond acceptors (Lipinski definition) is 3. The fraction of sp³-hybridized carbons (Fsp3) is 0.250. The Labute approximate surface area is 137 Å². The third-order valence-electron chi connectivity index (χ3n) is 3.58. The molecule has 0 amide bonds. The molecule has 120 valence electrons. The van der Waals surface area contributed by atoms with Crippen molar-refractivity contribution in [2.75, 3.05) is 0 Å². The Balaban J connectivity index is 2.16. The molecule has 2 aromatic rings. The van der Waals surface area contributed by atoms with Crippen molar-refractivity contribution < 1.29 is 9.90 Å². The first-order valence-electron chi connectivity index (χ1n) is 7.85. The van der Waals surface area contributed by atoms with Crippen molar-refractivity contribution in [3.05, 3.63) is 83.6 Å². The molecule has 3 heteroatoms. The summed E-state index contributed by atoms with van der Waals surface area (Å²) in [7, 11) is 0. The van der Waals surface area contributed by atoms with Gasteiger partial charge in [0.15, 0.2) is 5.78 Å². The zero-order valence-corrected chi connectivity index (χ0v) is 13.6. The fourth-order valence-electron chi connectivity index (χ4n) is 2.42. The summed E-state index contributed by atoms with van der Waals surface area (Å²) in [5.74, 6) is -0.0611. The van der Waals surface area contributed by atoms with Gasteiger partial charge in [0, 0.05) is 29.8 Å². The van der Waals surface area contributed by atoms with Gasteiger partial charge in [0.25, 0.3) is 0 Å². The maximum Gasteiger partial charge on any atom is 0.187 e. The molecule has 23 heavy (non-hydrogen) atoms. The summed E-state index contributed by atoms with van der Waals surface area (Å²) in [6, 6.07) is 19.2. The number of nitrogens with one attached hydrogen (secondary N) is 1. The van der Waals surface area contributed by atoms with Gasteiger partial charge in [-0.25, -0.2) is 0 Å². The summed E-state index contributed by atoms with van der Waals surface area (Å²) in [5.41, 5.74) is 2.52. The van der Waals surface area contributed by atoms with Gasteiger partial charge in [-0.1, -0.05) is 60.7 Å². The van der Waals surface area contributed by atoms with Crippen molar-refractivity contribution in [3.8, 4) is 0 Å². The SMILES string of the molecule is C[C@@H](O)C/C(=C\C(=O)c1ccccc1)N[C@H](C)c1ccccc1. The highest BCUT2D eigenvalue weighted by Gasteiger charge is 2.11. The molecule has 0 unspecified atom stereocenters. The van der Waals surface area contributed by atoms with E-state index in [1.54, 1.807) is 25.1 Å². The van der Waals surface area contributed by atoms with E-state index in [0.717, 1.165) is 11.3 Å². The van der Waals surface area contributed by atoms with Gasteiger partial charge in [0.05, 0.1) is 6.10 Å². The molecule has 0 spiro atoms. The average Bonchev–Trinajstić information content (AvgIpc) is 2.55. The Bertz CT molecular complexity index is 648. The number of carbonyl (C=O) groups excluding carboxylic acids is 1. The first kappa shape index (κ1) is 17.0. The van der Waals surface area contributed by atoms with E-state index < -0.39 is 6.10 Å². The molecule has 2 atom stereocenters. The molecule has 0 aliphatic heterocycles. The van der Waals surface area contributed by atoms with Gasteiger partial charge in [-0.05, 0) is 19.4 Å². The van der Waals surface area contributed by atoms with E-state index in [-0.39, 0.29) is 11.8 Å². The van der Waals surface area contributed by atoms with Crippen molar-refractivity contribution in [2.45, 2.75) is 32.4 Å². The number of aliphatic hydroxyl groups excluding tert-OH is 1. The third kappa shape index (κ3) is 5.38. The van der Waals surface area contributed by atoms with Crippen molar-refractivity contribution in [2.24, 2.45) is 0 Å². The maximum atomic E-state index is 12.4. The summed E-state index contributed by atoms with van der Waals surface area (Å²) in [4.78, 5) is 12.4. The normalized spacial score (nSPS) is 14.1. The summed E-state index contributed by atoms with van der Waals surface area (Å²) in [6.45, 7) is 3.76. The van der Waals surface area contributed by atoms with Crippen LogP contribution in [0.5, 0.6) is 0 Å². The number of benzene rings is 2. The third-order valence-corrected chi connectivity index (χ3v) is 3.58. The van der Waals surface area contributed by atoms with Crippen LogP contribution in [0.1, 0.15) is 42.2 Å². The zero-order valence-electron chi connectivity index (χ0n) is 13.6. The highest BCUT2D eigenvalue weighted by Crippen LogP contribution is 2.16. The number of carbonyl (C=O) groups is 1. The minimum atomic E-state index is -0.514. The molecule has 0 radical (unpaired) electrons. The van der Waals surface area contributed by atoms with E-state index >= 15 is 0 Å². The van der Waals surface area contributed by atoms with Crippen LogP contribution in [0.4, 0.5) is 0 Å². The van der Waals surface area contributed by atoms with E-state index in [0.29, 0.717) is 12.0 Å². The standard InChI is InChI=1S/C20H23NO2/c1-15(22)13-19(14-20(23)18-11-7-4-8-12-18)21-16(2)17-9-5-3-6-10-17/h3-12,14-16,21-22H,13H2,1-2H3/b19-14+/t15-,16-/m1/s1. The van der Waals surface area contributed by atoms with Crippen LogP contribution in [0, 0.1) is 0 Å². The molecule has 0 heterocycles. The Morgan fingerprint density at radius 3 is 2.17 bits per heavy atom. The monoisotopic (exact) mass is 309 g/mol. The Morgan fingerprint density at radius 2 is 1.61 bits per heavy atom. The topological polar surface area (TPSA) is 49.3 Å². The lowest BCUT2D eigenvalue weighted by Gasteiger charge is -2.19. The summed E-state index contributed by atoms with van der Waals surface area (Å²) < 4.78 is 0.